The van der Waals surface area contributed by atoms with E-state index in [9.17, 15) is 14.4 Å². The topological polar surface area (TPSA) is 87.3 Å². The molecule has 0 unspecified atom stereocenters. The van der Waals surface area contributed by atoms with Gasteiger partial charge in [0.05, 0.1) is 0 Å². The van der Waals surface area contributed by atoms with Crippen molar-refractivity contribution in [2.24, 2.45) is 5.92 Å². The fourth-order valence-electron chi connectivity index (χ4n) is 3.50. The van der Waals surface area contributed by atoms with E-state index in [-0.39, 0.29) is 36.6 Å². The van der Waals surface area contributed by atoms with E-state index in [0.717, 1.165) is 30.2 Å². The van der Waals surface area contributed by atoms with Gasteiger partial charge in [-0.05, 0) is 55.3 Å². The minimum atomic E-state index is -0.278. The highest BCUT2D eigenvalue weighted by Gasteiger charge is 2.21. The van der Waals surface area contributed by atoms with Crippen molar-refractivity contribution in [1.82, 2.24) is 5.32 Å². The van der Waals surface area contributed by atoms with Crippen molar-refractivity contribution in [3.05, 3.63) is 58.6 Å². The molecule has 30 heavy (non-hydrogen) atoms. The maximum atomic E-state index is 12.4. The number of anilines is 2. The monoisotopic (exact) mass is 471 g/mol. The fourth-order valence-corrected chi connectivity index (χ4v) is 3.76. The van der Waals surface area contributed by atoms with Crippen LogP contribution in [0.15, 0.2) is 53.0 Å². The van der Waals surface area contributed by atoms with Crippen molar-refractivity contribution < 1.29 is 14.4 Å². The average molecular weight is 472 g/mol. The smallest absolute Gasteiger partial charge is 0.251 e. The summed E-state index contributed by atoms with van der Waals surface area (Å²) in [6, 6.07) is 14.2. The summed E-state index contributed by atoms with van der Waals surface area (Å²) >= 11 is 3.35. The van der Waals surface area contributed by atoms with Crippen LogP contribution in [0.3, 0.4) is 0 Å². The first kappa shape index (κ1) is 22.0. The van der Waals surface area contributed by atoms with E-state index in [1.165, 1.54) is 6.42 Å². The van der Waals surface area contributed by atoms with Gasteiger partial charge in [0.15, 0.2) is 0 Å². The van der Waals surface area contributed by atoms with E-state index in [1.54, 1.807) is 36.4 Å². The zero-order valence-electron chi connectivity index (χ0n) is 16.7. The lowest BCUT2D eigenvalue weighted by Gasteiger charge is -2.20. The van der Waals surface area contributed by atoms with Crippen molar-refractivity contribution in [3.63, 3.8) is 0 Å². The molecular weight excluding hydrogens is 446 g/mol. The van der Waals surface area contributed by atoms with Gasteiger partial charge in [-0.1, -0.05) is 41.3 Å². The Morgan fingerprint density at radius 2 is 1.63 bits per heavy atom. The predicted octanol–water partition coefficient (Wildman–Crippen LogP) is 4.73. The Labute approximate surface area is 184 Å². The molecule has 7 heteroatoms. The summed E-state index contributed by atoms with van der Waals surface area (Å²) in [7, 11) is 0. The quantitative estimate of drug-likeness (QED) is 0.545. The van der Waals surface area contributed by atoms with E-state index in [4.69, 9.17) is 0 Å². The highest BCUT2D eigenvalue weighted by atomic mass is 79.9. The van der Waals surface area contributed by atoms with Gasteiger partial charge in [0.25, 0.3) is 5.91 Å². The molecule has 0 aliphatic heterocycles. The maximum Gasteiger partial charge on any atom is 0.251 e. The van der Waals surface area contributed by atoms with E-state index < -0.39 is 0 Å². The summed E-state index contributed by atoms with van der Waals surface area (Å²) < 4.78 is 0.935. The number of rotatable bonds is 7. The Bertz CT molecular complexity index is 893. The Morgan fingerprint density at radius 3 is 2.37 bits per heavy atom. The standard InChI is InChI=1S/C23H26BrN3O3/c24-18-9-11-19(12-10-18)26-21(28)13-14-25-22(29)17-7-4-8-20(15-17)27-23(30)16-5-2-1-3-6-16/h4,7-12,15-16H,1-3,5-6,13-14H2,(H,25,29)(H,26,28)(H,27,30). The minimum absolute atomic E-state index is 0.0249. The molecule has 0 bridgehead atoms. The molecule has 0 radical (unpaired) electrons. The number of amides is 3. The third kappa shape index (κ3) is 6.69. The van der Waals surface area contributed by atoms with Gasteiger partial charge in [-0.2, -0.15) is 0 Å². The molecule has 0 aromatic heterocycles. The number of carbonyl (C=O) groups is 3. The van der Waals surface area contributed by atoms with Crippen molar-refractivity contribution >= 4 is 45.0 Å². The Balaban J connectivity index is 1.45. The third-order valence-electron chi connectivity index (χ3n) is 5.13. The molecule has 1 aliphatic carbocycles. The molecule has 158 valence electrons. The van der Waals surface area contributed by atoms with Crippen LogP contribution < -0.4 is 16.0 Å². The number of hydrogen-bond acceptors (Lipinski definition) is 3. The first-order valence-electron chi connectivity index (χ1n) is 10.3. The van der Waals surface area contributed by atoms with Crippen LogP contribution in [-0.2, 0) is 9.59 Å². The van der Waals surface area contributed by atoms with Gasteiger partial charge in [-0.15, -0.1) is 0 Å². The van der Waals surface area contributed by atoms with Crippen molar-refractivity contribution in [2.75, 3.05) is 17.2 Å². The van der Waals surface area contributed by atoms with Crippen molar-refractivity contribution in [3.8, 4) is 0 Å². The first-order valence-corrected chi connectivity index (χ1v) is 11.0. The number of nitrogens with one attached hydrogen (secondary N) is 3. The van der Waals surface area contributed by atoms with Crippen molar-refractivity contribution in [1.29, 1.82) is 0 Å². The molecule has 0 atom stereocenters. The maximum absolute atomic E-state index is 12.4. The van der Waals surface area contributed by atoms with Crippen molar-refractivity contribution in [2.45, 2.75) is 38.5 Å². The molecule has 3 rings (SSSR count). The van der Waals surface area contributed by atoms with Gasteiger partial charge in [-0.3, -0.25) is 14.4 Å². The van der Waals surface area contributed by atoms with Gasteiger partial charge in [0, 0.05) is 40.3 Å². The van der Waals surface area contributed by atoms with Crippen LogP contribution in [0.5, 0.6) is 0 Å². The van der Waals surface area contributed by atoms with E-state index in [2.05, 4.69) is 31.9 Å². The second kappa shape index (κ2) is 10.9. The SMILES string of the molecule is O=C(CCNC(=O)c1cccc(NC(=O)C2CCCCC2)c1)Nc1ccc(Br)cc1. The Morgan fingerprint density at radius 1 is 0.900 bits per heavy atom. The Kier molecular flexibility index (Phi) is 8.02. The highest BCUT2D eigenvalue weighted by Crippen LogP contribution is 2.25. The van der Waals surface area contributed by atoms with Gasteiger partial charge in [0.1, 0.15) is 0 Å². The molecule has 0 heterocycles. The largest absolute Gasteiger partial charge is 0.352 e. The van der Waals surface area contributed by atoms with Crippen LogP contribution in [0.4, 0.5) is 11.4 Å². The fraction of sp³-hybridized carbons (Fsp3) is 0.348. The molecule has 0 saturated heterocycles. The van der Waals surface area contributed by atoms with E-state index in [1.807, 2.05) is 12.1 Å². The summed E-state index contributed by atoms with van der Waals surface area (Å²) in [5, 5.41) is 8.46. The molecular formula is C23H26BrN3O3. The molecule has 1 aliphatic rings. The molecule has 6 nitrogen and oxygen atoms in total. The summed E-state index contributed by atoms with van der Waals surface area (Å²) in [6.45, 7) is 0.222. The predicted molar refractivity (Wildman–Crippen MR) is 121 cm³/mol. The van der Waals surface area contributed by atoms with Gasteiger partial charge in [-0.25, -0.2) is 0 Å². The summed E-state index contributed by atoms with van der Waals surface area (Å²) in [5.41, 5.74) is 1.77. The van der Waals surface area contributed by atoms with Gasteiger partial charge < -0.3 is 16.0 Å². The van der Waals surface area contributed by atoms with Crippen LogP contribution in [0.25, 0.3) is 0 Å². The second-order valence-electron chi connectivity index (χ2n) is 7.47. The molecule has 2 aromatic rings. The molecule has 3 N–H and O–H groups in total. The molecule has 0 spiro atoms. The average Bonchev–Trinajstić information content (AvgIpc) is 2.76. The first-order chi connectivity index (χ1) is 14.5. The minimum Gasteiger partial charge on any atom is -0.352 e. The highest BCUT2D eigenvalue weighted by molar-refractivity contribution is 9.10. The zero-order chi connectivity index (χ0) is 21.3. The normalized spacial score (nSPS) is 14.0. The van der Waals surface area contributed by atoms with Crippen LogP contribution in [0.1, 0.15) is 48.9 Å². The number of benzene rings is 2. The van der Waals surface area contributed by atoms with E-state index in [0.29, 0.717) is 16.9 Å². The lowest BCUT2D eigenvalue weighted by Crippen LogP contribution is -2.28. The van der Waals surface area contributed by atoms with Crippen LogP contribution >= 0.6 is 15.9 Å². The molecule has 2 aromatic carbocycles. The van der Waals surface area contributed by atoms with Crippen LogP contribution in [0, 0.1) is 5.92 Å². The second-order valence-corrected chi connectivity index (χ2v) is 8.38. The number of hydrogen-bond donors (Lipinski definition) is 3. The summed E-state index contributed by atoms with van der Waals surface area (Å²) in [6.07, 6.45) is 5.40. The lowest BCUT2D eigenvalue weighted by molar-refractivity contribution is -0.120. The number of halogens is 1. The van der Waals surface area contributed by atoms with Crippen LogP contribution in [0.2, 0.25) is 0 Å². The summed E-state index contributed by atoms with van der Waals surface area (Å²) in [5.74, 6) is -0.372. The zero-order valence-corrected chi connectivity index (χ0v) is 18.3. The third-order valence-corrected chi connectivity index (χ3v) is 5.66. The number of carbonyl (C=O) groups excluding carboxylic acids is 3. The van der Waals surface area contributed by atoms with Crippen LogP contribution in [-0.4, -0.2) is 24.3 Å². The lowest BCUT2D eigenvalue weighted by atomic mass is 9.88. The molecule has 1 fully saturated rings. The van der Waals surface area contributed by atoms with Gasteiger partial charge >= 0.3 is 0 Å². The summed E-state index contributed by atoms with van der Waals surface area (Å²) in [4.78, 5) is 36.8. The van der Waals surface area contributed by atoms with Gasteiger partial charge in [0.2, 0.25) is 11.8 Å². The van der Waals surface area contributed by atoms with E-state index >= 15 is 0 Å². The molecule has 3 amide bonds. The Hall–Kier alpha value is -2.67. The molecule has 1 saturated carbocycles.